The number of primary amides is 1. The van der Waals surface area contributed by atoms with E-state index in [-0.39, 0.29) is 6.54 Å². The number of cyclic esters (lactones) is 1. The number of hydrogen-bond donors (Lipinski definition) is 1. The summed E-state index contributed by atoms with van der Waals surface area (Å²) in [6, 6.07) is 4.39. The third-order valence-corrected chi connectivity index (χ3v) is 5.17. The minimum Gasteiger partial charge on any atom is -0.434 e. The summed E-state index contributed by atoms with van der Waals surface area (Å²) < 4.78 is 30.6. The van der Waals surface area contributed by atoms with Gasteiger partial charge in [-0.1, -0.05) is 0 Å². The molecular weight excluding hydrogens is 325 g/mol. The summed E-state index contributed by atoms with van der Waals surface area (Å²) in [5, 5.41) is 0. The second-order valence-corrected chi connectivity index (χ2v) is 7.05. The standard InChI is InChI=1S/C14H16FN3O4S/c15-10-7-9(18-8-12(13(16)19)22-14(18)20)1-2-11(10)17-3-5-23(21)6-4-17/h1-2,7,12H,3-6,8H2,(H2,16,19). The molecule has 1 aromatic rings. The van der Waals surface area contributed by atoms with E-state index in [0.717, 1.165) is 0 Å². The lowest BCUT2D eigenvalue weighted by molar-refractivity contribution is -0.124. The van der Waals surface area contributed by atoms with Gasteiger partial charge in [-0.3, -0.25) is 13.9 Å². The second kappa shape index (κ2) is 6.15. The minimum atomic E-state index is -1.03. The lowest BCUT2D eigenvalue weighted by Crippen LogP contribution is -2.38. The van der Waals surface area contributed by atoms with Crippen LogP contribution < -0.4 is 15.5 Å². The molecule has 2 aliphatic rings. The maximum absolute atomic E-state index is 14.4. The predicted molar refractivity (Wildman–Crippen MR) is 83.3 cm³/mol. The Morgan fingerprint density at radius 2 is 2.04 bits per heavy atom. The van der Waals surface area contributed by atoms with Crippen LogP contribution in [0, 0.1) is 5.82 Å². The van der Waals surface area contributed by atoms with Gasteiger partial charge in [-0.2, -0.15) is 0 Å². The minimum absolute atomic E-state index is 0.0321. The zero-order valence-corrected chi connectivity index (χ0v) is 13.1. The van der Waals surface area contributed by atoms with Crippen molar-refractivity contribution in [1.82, 2.24) is 0 Å². The van der Waals surface area contributed by atoms with Gasteiger partial charge in [0.15, 0.2) is 6.10 Å². The van der Waals surface area contributed by atoms with Crippen LogP contribution >= 0.6 is 0 Å². The van der Waals surface area contributed by atoms with Crippen LogP contribution in [0.4, 0.5) is 20.6 Å². The molecule has 2 N–H and O–H groups in total. The Labute approximate surface area is 134 Å². The second-order valence-electron chi connectivity index (χ2n) is 5.36. The summed E-state index contributed by atoms with van der Waals surface area (Å²) in [6.45, 7) is 1.02. The molecule has 2 aliphatic heterocycles. The zero-order valence-electron chi connectivity index (χ0n) is 12.2. The number of ether oxygens (including phenoxy) is 1. The average Bonchev–Trinajstić information content (AvgIpc) is 2.90. The van der Waals surface area contributed by atoms with Crippen molar-refractivity contribution >= 4 is 34.2 Å². The quantitative estimate of drug-likeness (QED) is 0.848. The molecule has 1 unspecified atom stereocenters. The molecule has 2 fully saturated rings. The number of halogens is 1. The first-order valence-corrected chi connectivity index (χ1v) is 8.61. The number of nitrogens with two attached hydrogens (primary N) is 1. The van der Waals surface area contributed by atoms with Crippen molar-refractivity contribution in [1.29, 1.82) is 0 Å². The summed E-state index contributed by atoms with van der Waals surface area (Å²) in [6.07, 6.45) is -1.75. The smallest absolute Gasteiger partial charge is 0.415 e. The van der Waals surface area contributed by atoms with Crippen molar-refractivity contribution in [2.75, 3.05) is 40.9 Å². The Morgan fingerprint density at radius 3 is 2.61 bits per heavy atom. The number of amides is 2. The first-order chi connectivity index (χ1) is 11.0. The number of carbonyl (C=O) groups is 2. The first-order valence-electron chi connectivity index (χ1n) is 7.12. The third-order valence-electron chi connectivity index (χ3n) is 3.89. The molecular formula is C14H16FN3O4S. The van der Waals surface area contributed by atoms with E-state index < -0.39 is 34.7 Å². The van der Waals surface area contributed by atoms with Gasteiger partial charge < -0.3 is 15.4 Å². The monoisotopic (exact) mass is 341 g/mol. The summed E-state index contributed by atoms with van der Waals surface area (Å²) >= 11 is 0. The molecule has 3 rings (SSSR count). The maximum atomic E-state index is 14.4. The number of carbonyl (C=O) groups excluding carboxylic acids is 2. The molecule has 0 saturated carbocycles. The molecule has 9 heteroatoms. The van der Waals surface area contributed by atoms with E-state index in [2.05, 4.69) is 0 Å². The van der Waals surface area contributed by atoms with Gasteiger partial charge in [-0.05, 0) is 18.2 Å². The third kappa shape index (κ3) is 3.14. The van der Waals surface area contributed by atoms with E-state index in [4.69, 9.17) is 10.5 Å². The van der Waals surface area contributed by atoms with Gasteiger partial charge in [-0.25, -0.2) is 9.18 Å². The van der Waals surface area contributed by atoms with Crippen LogP contribution in [0.2, 0.25) is 0 Å². The van der Waals surface area contributed by atoms with Crippen LogP contribution in [0.5, 0.6) is 0 Å². The number of anilines is 2. The molecule has 1 atom stereocenters. The van der Waals surface area contributed by atoms with Gasteiger partial charge in [0.05, 0.1) is 17.9 Å². The van der Waals surface area contributed by atoms with E-state index in [1.54, 1.807) is 12.1 Å². The van der Waals surface area contributed by atoms with Gasteiger partial charge in [0.25, 0.3) is 5.91 Å². The molecule has 0 spiro atoms. The van der Waals surface area contributed by atoms with Gasteiger partial charge >= 0.3 is 6.09 Å². The normalized spacial score (nSPS) is 22.3. The Kier molecular flexibility index (Phi) is 4.20. The molecule has 2 saturated heterocycles. The zero-order chi connectivity index (χ0) is 16.6. The molecule has 124 valence electrons. The summed E-state index contributed by atoms with van der Waals surface area (Å²) in [7, 11) is -0.838. The summed E-state index contributed by atoms with van der Waals surface area (Å²) in [5.41, 5.74) is 5.83. The van der Waals surface area contributed by atoms with Crippen molar-refractivity contribution in [3.05, 3.63) is 24.0 Å². The molecule has 0 bridgehead atoms. The maximum Gasteiger partial charge on any atom is 0.415 e. The summed E-state index contributed by atoms with van der Waals surface area (Å²) in [5.74, 6) is -0.190. The van der Waals surface area contributed by atoms with Gasteiger partial charge in [0.1, 0.15) is 5.82 Å². The molecule has 2 heterocycles. The van der Waals surface area contributed by atoms with E-state index in [0.29, 0.717) is 36.0 Å². The van der Waals surface area contributed by atoms with Crippen molar-refractivity contribution in [3.63, 3.8) is 0 Å². The number of nitrogens with zero attached hydrogens (tertiary/aromatic N) is 2. The molecule has 7 nitrogen and oxygen atoms in total. The highest BCUT2D eigenvalue weighted by molar-refractivity contribution is 7.85. The van der Waals surface area contributed by atoms with E-state index in [1.165, 1.54) is 11.0 Å². The van der Waals surface area contributed by atoms with E-state index in [9.17, 15) is 18.2 Å². The lowest BCUT2D eigenvalue weighted by atomic mass is 10.2. The van der Waals surface area contributed by atoms with E-state index in [1.807, 2.05) is 4.90 Å². The van der Waals surface area contributed by atoms with Crippen LogP contribution in [0.1, 0.15) is 0 Å². The van der Waals surface area contributed by atoms with E-state index >= 15 is 0 Å². The fourth-order valence-electron chi connectivity index (χ4n) is 2.62. The largest absolute Gasteiger partial charge is 0.434 e. The first kappa shape index (κ1) is 15.7. The fraction of sp³-hybridized carbons (Fsp3) is 0.429. The highest BCUT2D eigenvalue weighted by Crippen LogP contribution is 2.28. The van der Waals surface area contributed by atoms with Crippen molar-refractivity contribution < 1.29 is 22.9 Å². The van der Waals surface area contributed by atoms with Crippen LogP contribution in [-0.4, -0.2) is 53.5 Å². The molecule has 23 heavy (non-hydrogen) atoms. The van der Waals surface area contributed by atoms with Crippen molar-refractivity contribution in [3.8, 4) is 0 Å². The number of hydrogen-bond acceptors (Lipinski definition) is 5. The van der Waals surface area contributed by atoms with Crippen LogP contribution in [0.3, 0.4) is 0 Å². The molecule has 0 aromatic heterocycles. The van der Waals surface area contributed by atoms with Crippen molar-refractivity contribution in [2.45, 2.75) is 6.10 Å². The Morgan fingerprint density at radius 1 is 1.35 bits per heavy atom. The van der Waals surface area contributed by atoms with Crippen LogP contribution in [-0.2, 0) is 20.3 Å². The van der Waals surface area contributed by atoms with Gasteiger partial charge in [0, 0.05) is 35.4 Å². The number of rotatable bonds is 3. The Bertz CT molecular complexity index is 674. The van der Waals surface area contributed by atoms with Gasteiger partial charge in [-0.15, -0.1) is 0 Å². The van der Waals surface area contributed by atoms with Crippen LogP contribution in [0.25, 0.3) is 0 Å². The topological polar surface area (TPSA) is 92.9 Å². The summed E-state index contributed by atoms with van der Waals surface area (Å²) in [4.78, 5) is 25.8. The predicted octanol–water partition coefficient (Wildman–Crippen LogP) is 0.205. The Balaban J connectivity index is 1.78. The number of benzene rings is 1. The highest BCUT2D eigenvalue weighted by Gasteiger charge is 2.36. The van der Waals surface area contributed by atoms with Crippen molar-refractivity contribution in [2.24, 2.45) is 5.73 Å². The van der Waals surface area contributed by atoms with Gasteiger partial charge in [0.2, 0.25) is 0 Å². The molecule has 1 aromatic carbocycles. The van der Waals surface area contributed by atoms with Crippen LogP contribution in [0.15, 0.2) is 18.2 Å². The molecule has 0 radical (unpaired) electrons. The SMILES string of the molecule is NC(=O)C1CN(c2ccc(N3CCS(=O)CC3)c(F)c2)C(=O)O1. The Hall–Kier alpha value is -2.16. The fourth-order valence-corrected chi connectivity index (χ4v) is 3.67. The average molecular weight is 341 g/mol. The lowest BCUT2D eigenvalue weighted by Gasteiger charge is -2.29. The highest BCUT2D eigenvalue weighted by atomic mass is 32.2. The molecule has 2 amide bonds. The molecule has 0 aliphatic carbocycles.